The van der Waals surface area contributed by atoms with E-state index in [0.717, 1.165) is 0 Å². The van der Waals surface area contributed by atoms with Crippen LogP contribution in [-0.2, 0) is 20.9 Å². The van der Waals surface area contributed by atoms with Crippen molar-refractivity contribution in [2.45, 2.75) is 32.9 Å². The van der Waals surface area contributed by atoms with Crippen molar-refractivity contribution in [3.63, 3.8) is 0 Å². The van der Waals surface area contributed by atoms with Gasteiger partial charge in [-0.25, -0.2) is 0 Å². The maximum Gasteiger partial charge on any atom is 0.247 e. The van der Waals surface area contributed by atoms with Crippen molar-refractivity contribution in [1.29, 1.82) is 0 Å². The molecule has 74 valence electrons. The van der Waals surface area contributed by atoms with E-state index >= 15 is 0 Å². The quantitative estimate of drug-likeness (QED) is 0.648. The Hall–Kier alpha value is 0.920. The monoisotopic (exact) mass is 228 g/mol. The second kappa shape index (κ2) is 6.39. The largest absolute Gasteiger partial charge is 0.322 e. The zero-order chi connectivity index (χ0) is 9.61. The lowest BCUT2D eigenvalue weighted by Crippen LogP contribution is -1.95. The van der Waals surface area contributed by atoms with E-state index in [9.17, 15) is 0 Å². The highest BCUT2D eigenvalue weighted by Crippen LogP contribution is 2.62. The van der Waals surface area contributed by atoms with Crippen molar-refractivity contribution in [3.8, 4) is 0 Å². The summed E-state index contributed by atoms with van der Waals surface area (Å²) in [4.78, 5) is 0. The Morgan fingerprint density at radius 3 is 1.92 bits per heavy atom. The van der Waals surface area contributed by atoms with Crippen LogP contribution in [0.1, 0.15) is 27.7 Å². The van der Waals surface area contributed by atoms with Crippen LogP contribution in [-0.4, -0.2) is 18.5 Å². The van der Waals surface area contributed by atoms with Gasteiger partial charge in [0.25, 0.3) is 0 Å². The smallest absolute Gasteiger partial charge is 0.247 e. The molecule has 0 aliphatic rings. The molecule has 0 saturated heterocycles. The zero-order valence-electron chi connectivity index (χ0n) is 8.07. The van der Waals surface area contributed by atoms with Crippen LogP contribution in [0.3, 0.4) is 0 Å². The minimum Gasteiger partial charge on any atom is -0.322 e. The molecule has 0 aromatic rings. The normalized spacial score (nSPS) is 12.4. The van der Waals surface area contributed by atoms with E-state index in [-0.39, 0.29) is 0 Å². The van der Waals surface area contributed by atoms with Gasteiger partial charge in [0.15, 0.2) is 0 Å². The molecule has 0 saturated carbocycles. The Kier molecular flexibility index (Phi) is 6.87. The Labute approximate surface area is 84.3 Å². The van der Waals surface area contributed by atoms with Crippen LogP contribution >= 0.6 is 17.1 Å². The first-order valence-corrected chi connectivity index (χ1v) is 8.24. The van der Waals surface area contributed by atoms with E-state index in [1.165, 1.54) is 0 Å². The zero-order valence-corrected chi connectivity index (χ0v) is 10.6. The summed E-state index contributed by atoms with van der Waals surface area (Å²) in [5.74, 6) is 0. The summed E-state index contributed by atoms with van der Waals surface area (Å²) in [5.41, 5.74) is -2.03. The Bertz CT molecular complexity index is 151. The Balaban J connectivity index is 4.08. The second-order valence-electron chi connectivity index (χ2n) is 2.44. The van der Waals surface area contributed by atoms with Gasteiger partial charge < -0.3 is 9.05 Å². The van der Waals surface area contributed by atoms with E-state index in [4.69, 9.17) is 20.9 Å². The van der Waals surface area contributed by atoms with Crippen LogP contribution in [0, 0.1) is 0 Å². The van der Waals surface area contributed by atoms with Crippen molar-refractivity contribution in [2.24, 2.45) is 0 Å². The highest BCUT2D eigenvalue weighted by atomic mass is 32.9. The first kappa shape index (κ1) is 12.9. The summed E-state index contributed by atoms with van der Waals surface area (Å²) >= 11 is 6.94. The molecule has 0 spiro atoms. The fourth-order valence-electron chi connectivity index (χ4n) is 0.673. The van der Waals surface area contributed by atoms with E-state index in [2.05, 4.69) is 13.8 Å². The SMILES string of the molecule is CCOP(=S)(OCC)SC(C)C. The summed E-state index contributed by atoms with van der Waals surface area (Å²) in [6.45, 7) is 9.36. The highest BCUT2D eigenvalue weighted by Gasteiger charge is 2.20. The maximum atomic E-state index is 5.45. The molecular formula is C7H17O2PS2. The molecule has 0 N–H and O–H groups in total. The van der Waals surface area contributed by atoms with Crippen molar-refractivity contribution in [2.75, 3.05) is 13.2 Å². The molecule has 0 bridgehead atoms. The molecule has 0 aliphatic heterocycles. The van der Waals surface area contributed by atoms with Gasteiger partial charge in [-0.15, -0.1) is 0 Å². The standard InChI is InChI=1S/C7H17O2PS2/c1-5-8-10(11,9-6-2)12-7(3)4/h7H,5-6H2,1-4H3. The molecule has 5 heteroatoms. The second-order valence-corrected chi connectivity index (χ2v) is 9.21. The molecular weight excluding hydrogens is 211 g/mol. The van der Waals surface area contributed by atoms with Crippen LogP contribution < -0.4 is 0 Å². The van der Waals surface area contributed by atoms with Crippen molar-refractivity contribution < 1.29 is 9.05 Å². The van der Waals surface area contributed by atoms with Gasteiger partial charge in [0.05, 0.1) is 13.2 Å². The lowest BCUT2D eigenvalue weighted by Gasteiger charge is -2.21. The van der Waals surface area contributed by atoms with Crippen molar-refractivity contribution >= 4 is 28.9 Å². The summed E-state index contributed by atoms with van der Waals surface area (Å²) in [5, 5.41) is 0.467. The van der Waals surface area contributed by atoms with E-state index in [1.807, 2.05) is 13.8 Å². The van der Waals surface area contributed by atoms with Gasteiger partial charge in [-0.2, -0.15) is 0 Å². The summed E-state index contributed by atoms with van der Waals surface area (Å²) in [6, 6.07) is 0. The Morgan fingerprint density at radius 1 is 1.25 bits per heavy atom. The molecule has 2 nitrogen and oxygen atoms in total. The third-order valence-corrected chi connectivity index (χ3v) is 6.82. The number of rotatable bonds is 6. The van der Waals surface area contributed by atoms with Gasteiger partial charge in [0.2, 0.25) is 5.69 Å². The molecule has 12 heavy (non-hydrogen) atoms. The third kappa shape index (κ3) is 5.55. The maximum absolute atomic E-state index is 5.45. The van der Waals surface area contributed by atoms with Crippen LogP contribution in [0.25, 0.3) is 0 Å². The first-order chi connectivity index (χ1) is 5.54. The molecule has 0 aromatic heterocycles. The number of hydrogen-bond donors (Lipinski definition) is 0. The van der Waals surface area contributed by atoms with Crippen LogP contribution in [0.15, 0.2) is 0 Å². The van der Waals surface area contributed by atoms with Gasteiger partial charge in [-0.1, -0.05) is 25.2 Å². The molecule has 0 aliphatic carbocycles. The van der Waals surface area contributed by atoms with Gasteiger partial charge in [-0.05, 0) is 25.7 Å². The predicted octanol–water partition coefficient (Wildman–Crippen LogP) is 3.43. The number of hydrogen-bond acceptors (Lipinski definition) is 4. The molecule has 0 radical (unpaired) electrons. The van der Waals surface area contributed by atoms with Gasteiger partial charge in [0, 0.05) is 5.25 Å². The summed E-state index contributed by atoms with van der Waals surface area (Å²) in [6.07, 6.45) is 0. The Morgan fingerprint density at radius 2 is 1.67 bits per heavy atom. The molecule has 0 amide bonds. The van der Waals surface area contributed by atoms with E-state index in [1.54, 1.807) is 11.4 Å². The molecule has 0 fully saturated rings. The van der Waals surface area contributed by atoms with E-state index < -0.39 is 5.69 Å². The van der Waals surface area contributed by atoms with Crippen LogP contribution in [0.4, 0.5) is 0 Å². The molecule has 0 aromatic carbocycles. The first-order valence-electron chi connectivity index (χ1n) is 4.11. The predicted molar refractivity (Wildman–Crippen MR) is 60.3 cm³/mol. The van der Waals surface area contributed by atoms with Gasteiger partial charge in [-0.3, -0.25) is 0 Å². The molecule has 0 atom stereocenters. The lowest BCUT2D eigenvalue weighted by atomic mass is 10.6. The third-order valence-electron chi connectivity index (χ3n) is 0.914. The van der Waals surface area contributed by atoms with Crippen molar-refractivity contribution in [3.05, 3.63) is 0 Å². The summed E-state index contributed by atoms with van der Waals surface area (Å²) < 4.78 is 10.9. The van der Waals surface area contributed by atoms with Gasteiger partial charge in [0.1, 0.15) is 0 Å². The minimum absolute atomic E-state index is 0.467. The topological polar surface area (TPSA) is 18.5 Å². The average molecular weight is 228 g/mol. The minimum atomic E-state index is -2.03. The van der Waals surface area contributed by atoms with Crippen LogP contribution in [0.2, 0.25) is 0 Å². The van der Waals surface area contributed by atoms with E-state index in [0.29, 0.717) is 18.5 Å². The molecule has 0 unspecified atom stereocenters. The van der Waals surface area contributed by atoms with Crippen LogP contribution in [0.5, 0.6) is 0 Å². The lowest BCUT2D eigenvalue weighted by molar-refractivity contribution is 0.280. The highest BCUT2D eigenvalue weighted by molar-refractivity contribution is 8.68. The molecule has 0 rings (SSSR count). The van der Waals surface area contributed by atoms with Crippen molar-refractivity contribution in [1.82, 2.24) is 0 Å². The summed E-state index contributed by atoms with van der Waals surface area (Å²) in [7, 11) is 0. The fourth-order valence-corrected chi connectivity index (χ4v) is 6.75. The average Bonchev–Trinajstić information content (AvgIpc) is 1.85. The molecule has 0 heterocycles. The van der Waals surface area contributed by atoms with Gasteiger partial charge >= 0.3 is 0 Å². The fraction of sp³-hybridized carbons (Fsp3) is 1.00.